The van der Waals surface area contributed by atoms with E-state index in [0.29, 0.717) is 12.2 Å². The van der Waals surface area contributed by atoms with Gasteiger partial charge in [-0.1, -0.05) is 30.3 Å². The first kappa shape index (κ1) is 17.4. The summed E-state index contributed by atoms with van der Waals surface area (Å²) in [4.78, 5) is 23.1. The van der Waals surface area contributed by atoms with E-state index in [4.69, 9.17) is 5.11 Å². The summed E-state index contributed by atoms with van der Waals surface area (Å²) in [6.45, 7) is 4.27. The molecule has 0 radical (unpaired) electrons. The number of rotatable bonds is 6. The molecule has 3 aromatic rings. The van der Waals surface area contributed by atoms with Crippen molar-refractivity contribution in [1.29, 1.82) is 0 Å². The van der Waals surface area contributed by atoms with Gasteiger partial charge in [0.05, 0.1) is 23.6 Å². The third-order valence-corrected chi connectivity index (χ3v) is 3.99. The largest absolute Gasteiger partial charge is 0.476 e. The van der Waals surface area contributed by atoms with Gasteiger partial charge < -0.3 is 10.4 Å². The highest BCUT2D eigenvalue weighted by molar-refractivity contribution is 5.91. The van der Waals surface area contributed by atoms with Crippen molar-refractivity contribution in [2.24, 2.45) is 0 Å². The Morgan fingerprint density at radius 1 is 1.12 bits per heavy atom. The van der Waals surface area contributed by atoms with Gasteiger partial charge in [-0.25, -0.2) is 4.79 Å². The molecule has 134 valence electrons. The molecule has 0 aliphatic heterocycles. The van der Waals surface area contributed by atoms with Crippen molar-refractivity contribution in [3.63, 3.8) is 0 Å². The van der Waals surface area contributed by atoms with Crippen molar-refractivity contribution in [2.45, 2.75) is 26.9 Å². The van der Waals surface area contributed by atoms with Crippen LogP contribution in [0.2, 0.25) is 0 Å². The first-order valence-corrected chi connectivity index (χ1v) is 8.08. The highest BCUT2D eigenvalue weighted by Crippen LogP contribution is 2.20. The molecule has 1 aromatic carbocycles. The molecule has 2 N–H and O–H groups in total. The molecule has 0 aliphatic carbocycles. The Morgan fingerprint density at radius 2 is 1.85 bits per heavy atom. The van der Waals surface area contributed by atoms with Crippen molar-refractivity contribution < 1.29 is 14.7 Å². The SMILES string of the molecule is Cc1nn(Cc2ccccc2)c(C)c1NC(=O)Cn1ccc(C(=O)O)n1. The zero-order chi connectivity index (χ0) is 18.7. The van der Waals surface area contributed by atoms with Gasteiger partial charge in [0.2, 0.25) is 5.91 Å². The molecular weight excluding hydrogens is 334 g/mol. The number of anilines is 1. The summed E-state index contributed by atoms with van der Waals surface area (Å²) in [6.07, 6.45) is 1.46. The normalized spacial score (nSPS) is 10.7. The van der Waals surface area contributed by atoms with E-state index in [1.807, 2.05) is 48.9 Å². The van der Waals surface area contributed by atoms with E-state index in [0.717, 1.165) is 17.0 Å². The average Bonchev–Trinajstić information content (AvgIpc) is 3.17. The second-order valence-corrected chi connectivity index (χ2v) is 5.94. The zero-order valence-corrected chi connectivity index (χ0v) is 14.5. The summed E-state index contributed by atoms with van der Waals surface area (Å²) in [5, 5.41) is 20.0. The number of aromatic nitrogens is 4. The summed E-state index contributed by atoms with van der Waals surface area (Å²) in [6, 6.07) is 11.3. The predicted molar refractivity (Wildman–Crippen MR) is 95.1 cm³/mol. The standard InChI is InChI=1S/C18H19N5O3/c1-12-17(13(2)23(20-12)10-14-6-4-3-5-7-14)19-16(24)11-22-9-8-15(21-22)18(25)26/h3-9H,10-11H2,1-2H3,(H,19,24)(H,25,26). The zero-order valence-electron chi connectivity index (χ0n) is 14.5. The number of aryl methyl sites for hydroxylation is 1. The van der Waals surface area contributed by atoms with Crippen molar-refractivity contribution in [1.82, 2.24) is 19.6 Å². The summed E-state index contributed by atoms with van der Waals surface area (Å²) in [5.74, 6) is -1.42. The number of carbonyl (C=O) groups excluding carboxylic acids is 1. The average molecular weight is 353 g/mol. The number of nitrogens with zero attached hydrogens (tertiary/aromatic N) is 4. The molecule has 0 unspecified atom stereocenters. The molecule has 0 spiro atoms. The number of carbonyl (C=O) groups is 2. The molecule has 0 bridgehead atoms. The van der Waals surface area contributed by atoms with Crippen molar-refractivity contribution in [3.8, 4) is 0 Å². The lowest BCUT2D eigenvalue weighted by Crippen LogP contribution is -2.20. The summed E-state index contributed by atoms with van der Waals surface area (Å²) >= 11 is 0. The topological polar surface area (TPSA) is 102 Å². The van der Waals surface area contributed by atoms with E-state index in [2.05, 4.69) is 15.5 Å². The van der Waals surface area contributed by atoms with Gasteiger partial charge in [0.1, 0.15) is 6.54 Å². The maximum atomic E-state index is 12.3. The minimum absolute atomic E-state index is 0.0734. The summed E-state index contributed by atoms with van der Waals surface area (Å²) in [7, 11) is 0. The predicted octanol–water partition coefficient (Wildman–Crippen LogP) is 2.08. The van der Waals surface area contributed by atoms with Gasteiger partial charge in [-0.15, -0.1) is 0 Å². The van der Waals surface area contributed by atoms with Crippen molar-refractivity contribution >= 4 is 17.6 Å². The van der Waals surface area contributed by atoms with E-state index in [9.17, 15) is 9.59 Å². The van der Waals surface area contributed by atoms with Gasteiger partial charge in [0.25, 0.3) is 0 Å². The molecule has 3 rings (SSSR count). The van der Waals surface area contributed by atoms with Crippen molar-refractivity contribution in [3.05, 3.63) is 65.2 Å². The monoisotopic (exact) mass is 353 g/mol. The number of aromatic carboxylic acids is 1. The first-order valence-electron chi connectivity index (χ1n) is 8.08. The maximum Gasteiger partial charge on any atom is 0.356 e. The lowest BCUT2D eigenvalue weighted by atomic mass is 10.2. The Labute approximate surface area is 150 Å². The Morgan fingerprint density at radius 3 is 2.50 bits per heavy atom. The van der Waals surface area contributed by atoms with Crippen LogP contribution in [0.1, 0.15) is 27.4 Å². The molecular formula is C18H19N5O3. The fraction of sp³-hybridized carbons (Fsp3) is 0.222. The van der Waals surface area contributed by atoms with Crippen LogP contribution in [0, 0.1) is 13.8 Å². The second-order valence-electron chi connectivity index (χ2n) is 5.94. The number of nitrogens with one attached hydrogen (secondary N) is 1. The van der Waals surface area contributed by atoms with Crippen LogP contribution in [0.25, 0.3) is 0 Å². The molecule has 0 fully saturated rings. The van der Waals surface area contributed by atoms with Crippen LogP contribution in [0.15, 0.2) is 42.6 Å². The van der Waals surface area contributed by atoms with Gasteiger partial charge in [-0.3, -0.25) is 14.2 Å². The fourth-order valence-corrected chi connectivity index (χ4v) is 2.68. The van der Waals surface area contributed by atoms with Gasteiger partial charge in [0.15, 0.2) is 5.69 Å². The van der Waals surface area contributed by atoms with Crippen LogP contribution in [0.3, 0.4) is 0 Å². The Bertz CT molecular complexity index is 943. The lowest BCUT2D eigenvalue weighted by molar-refractivity contribution is -0.116. The minimum atomic E-state index is -1.13. The minimum Gasteiger partial charge on any atom is -0.476 e. The van der Waals surface area contributed by atoms with Gasteiger partial charge >= 0.3 is 5.97 Å². The third-order valence-electron chi connectivity index (χ3n) is 3.99. The quantitative estimate of drug-likeness (QED) is 0.706. The Balaban J connectivity index is 1.71. The maximum absolute atomic E-state index is 12.3. The van der Waals surface area contributed by atoms with Crippen LogP contribution in [0.4, 0.5) is 5.69 Å². The second kappa shape index (κ2) is 7.22. The molecule has 0 saturated carbocycles. The highest BCUT2D eigenvalue weighted by atomic mass is 16.4. The number of carboxylic acid groups (broad SMARTS) is 1. The van der Waals surface area contributed by atoms with Crippen LogP contribution < -0.4 is 5.32 Å². The summed E-state index contributed by atoms with van der Waals surface area (Å²) in [5.41, 5.74) is 3.26. The highest BCUT2D eigenvalue weighted by Gasteiger charge is 2.15. The van der Waals surface area contributed by atoms with Gasteiger partial charge in [-0.2, -0.15) is 10.2 Å². The molecule has 26 heavy (non-hydrogen) atoms. The van der Waals surface area contributed by atoms with E-state index < -0.39 is 5.97 Å². The third kappa shape index (κ3) is 3.80. The first-order chi connectivity index (χ1) is 12.4. The van der Waals surface area contributed by atoms with Gasteiger partial charge in [-0.05, 0) is 25.5 Å². The number of hydrogen-bond acceptors (Lipinski definition) is 4. The van der Waals surface area contributed by atoms with E-state index in [1.165, 1.54) is 16.9 Å². The molecule has 2 heterocycles. The summed E-state index contributed by atoms with van der Waals surface area (Å²) < 4.78 is 3.13. The number of hydrogen-bond donors (Lipinski definition) is 2. The van der Waals surface area contributed by atoms with Gasteiger partial charge in [0, 0.05) is 6.20 Å². The molecule has 1 amide bonds. The molecule has 8 heteroatoms. The molecule has 8 nitrogen and oxygen atoms in total. The van der Waals surface area contributed by atoms with Crippen LogP contribution >= 0.6 is 0 Å². The van der Waals surface area contributed by atoms with Crippen LogP contribution in [-0.4, -0.2) is 36.5 Å². The Kier molecular flexibility index (Phi) is 4.83. The van der Waals surface area contributed by atoms with Crippen LogP contribution in [0.5, 0.6) is 0 Å². The lowest BCUT2D eigenvalue weighted by Gasteiger charge is -2.07. The molecule has 0 aliphatic rings. The number of benzene rings is 1. The molecule has 2 aromatic heterocycles. The van der Waals surface area contributed by atoms with E-state index in [-0.39, 0.29) is 18.1 Å². The van der Waals surface area contributed by atoms with E-state index >= 15 is 0 Å². The Hall–Kier alpha value is -3.42. The fourth-order valence-electron chi connectivity index (χ4n) is 2.68. The number of carboxylic acids is 1. The van der Waals surface area contributed by atoms with Crippen molar-refractivity contribution in [2.75, 3.05) is 5.32 Å². The number of amides is 1. The van der Waals surface area contributed by atoms with E-state index in [1.54, 1.807) is 0 Å². The molecule has 0 saturated heterocycles. The molecule has 0 atom stereocenters. The smallest absolute Gasteiger partial charge is 0.356 e. The van der Waals surface area contributed by atoms with Crippen LogP contribution in [-0.2, 0) is 17.9 Å².